The topological polar surface area (TPSA) is 60.7 Å². The molecule has 0 fully saturated rings. The highest BCUT2D eigenvalue weighted by Crippen LogP contribution is 2.13. The van der Waals surface area contributed by atoms with Gasteiger partial charge in [-0.2, -0.15) is 0 Å². The minimum atomic E-state index is -2.62. The molecule has 0 amide bonds. The standard InChI is InChI=1S/C19H42N.H3O3P/c1-5-6-7-8-9-10-11-12-13-14-15-16-17-18-19-20(2,3)4;1-4(2)3/h5-19H2,1-4H3;1-3H/q+1;. The van der Waals surface area contributed by atoms with E-state index in [1.165, 1.54) is 96.4 Å². The molecule has 0 aliphatic rings. The zero-order chi connectivity index (χ0) is 18.7. The van der Waals surface area contributed by atoms with Crippen LogP contribution in [-0.2, 0) is 0 Å². The van der Waals surface area contributed by atoms with Crippen LogP contribution >= 0.6 is 8.60 Å². The van der Waals surface area contributed by atoms with E-state index in [-0.39, 0.29) is 0 Å². The van der Waals surface area contributed by atoms with Gasteiger partial charge in [0.2, 0.25) is 0 Å². The monoisotopic (exact) mass is 366 g/mol. The van der Waals surface area contributed by atoms with Crippen molar-refractivity contribution in [3.05, 3.63) is 0 Å². The summed E-state index contributed by atoms with van der Waals surface area (Å²) in [6.45, 7) is 3.63. The average molecular weight is 367 g/mol. The first-order valence-corrected chi connectivity index (χ1v) is 11.2. The molecule has 5 heteroatoms. The summed E-state index contributed by atoms with van der Waals surface area (Å²) in [7, 11) is 4.26. The van der Waals surface area contributed by atoms with Gasteiger partial charge in [-0.15, -0.1) is 0 Å². The van der Waals surface area contributed by atoms with E-state index in [0.29, 0.717) is 0 Å². The van der Waals surface area contributed by atoms with Gasteiger partial charge in [0.25, 0.3) is 0 Å². The van der Waals surface area contributed by atoms with E-state index in [1.54, 1.807) is 0 Å². The van der Waals surface area contributed by atoms with Crippen molar-refractivity contribution in [3.63, 3.8) is 0 Å². The Kier molecular flexibility index (Phi) is 21.6. The van der Waals surface area contributed by atoms with Crippen LogP contribution in [-0.4, -0.2) is 46.9 Å². The van der Waals surface area contributed by atoms with Crippen LogP contribution in [0.1, 0.15) is 96.8 Å². The molecule has 0 spiro atoms. The highest BCUT2D eigenvalue weighted by atomic mass is 31.2. The third kappa shape index (κ3) is 33.8. The Bertz CT molecular complexity index is 230. The molecule has 0 atom stereocenters. The number of quaternary nitrogens is 1. The lowest BCUT2D eigenvalue weighted by Crippen LogP contribution is -2.35. The Hall–Kier alpha value is 0.270. The Balaban J connectivity index is 0. The second-order valence-corrected chi connectivity index (χ2v) is 8.42. The van der Waals surface area contributed by atoms with Crippen molar-refractivity contribution in [2.45, 2.75) is 96.8 Å². The number of hydrogen-bond acceptors (Lipinski definition) is 3. The predicted molar refractivity (Wildman–Crippen MR) is 107 cm³/mol. The summed E-state index contributed by atoms with van der Waals surface area (Å²) in [6.07, 6.45) is 20.4. The van der Waals surface area contributed by atoms with Gasteiger partial charge in [-0.3, -0.25) is 0 Å². The Morgan fingerprint density at radius 2 is 0.792 bits per heavy atom. The summed E-state index contributed by atoms with van der Waals surface area (Å²) < 4.78 is 1.12. The Morgan fingerprint density at radius 3 is 1.04 bits per heavy atom. The summed E-state index contributed by atoms with van der Waals surface area (Å²) in [5.41, 5.74) is 0. The van der Waals surface area contributed by atoms with Crippen LogP contribution in [0.25, 0.3) is 0 Å². The molecule has 0 saturated heterocycles. The summed E-state index contributed by atoms with van der Waals surface area (Å²) in [6, 6.07) is 0. The van der Waals surface area contributed by atoms with Gasteiger partial charge in [-0.1, -0.05) is 84.0 Å². The molecule has 0 aromatic heterocycles. The van der Waals surface area contributed by atoms with Crippen molar-refractivity contribution < 1.29 is 19.2 Å². The van der Waals surface area contributed by atoms with Crippen LogP contribution in [0.4, 0.5) is 0 Å². The fourth-order valence-electron chi connectivity index (χ4n) is 2.78. The first-order chi connectivity index (χ1) is 11.3. The van der Waals surface area contributed by atoms with Crippen molar-refractivity contribution in [1.82, 2.24) is 0 Å². The van der Waals surface area contributed by atoms with Gasteiger partial charge in [0.05, 0.1) is 27.7 Å². The normalized spacial score (nSPS) is 11.5. The van der Waals surface area contributed by atoms with Crippen LogP contribution in [0.2, 0.25) is 0 Å². The molecule has 0 aromatic rings. The van der Waals surface area contributed by atoms with Gasteiger partial charge in [0, 0.05) is 0 Å². The lowest BCUT2D eigenvalue weighted by atomic mass is 10.0. The summed E-state index contributed by atoms with van der Waals surface area (Å²) >= 11 is 0. The lowest BCUT2D eigenvalue weighted by Gasteiger charge is -2.23. The molecule has 0 aliphatic carbocycles. The number of nitrogens with zero attached hydrogens (tertiary/aromatic N) is 1. The third-order valence-corrected chi connectivity index (χ3v) is 4.18. The molecule has 3 N–H and O–H groups in total. The van der Waals surface area contributed by atoms with Gasteiger partial charge >= 0.3 is 8.60 Å². The molecule has 24 heavy (non-hydrogen) atoms. The SMILES string of the molecule is CCCCCCCCCCCCCCCC[N+](C)(C)C.OP(O)O. The van der Waals surface area contributed by atoms with Crippen LogP contribution in [0, 0.1) is 0 Å². The van der Waals surface area contributed by atoms with Crippen LogP contribution in [0.3, 0.4) is 0 Å². The number of unbranched alkanes of at least 4 members (excludes halogenated alkanes) is 13. The molecule has 0 heterocycles. The molecule has 0 rings (SSSR count). The number of rotatable bonds is 15. The molecule has 0 radical (unpaired) electrons. The Morgan fingerprint density at radius 1 is 0.542 bits per heavy atom. The smallest absolute Gasteiger partial charge is 0.324 e. The van der Waals surface area contributed by atoms with Crippen LogP contribution in [0.15, 0.2) is 0 Å². The second kappa shape index (κ2) is 19.6. The predicted octanol–water partition coefficient (Wildman–Crippen LogP) is 5.36. The first-order valence-electron chi connectivity index (χ1n) is 9.96. The molecule has 0 bridgehead atoms. The molecular weight excluding hydrogens is 321 g/mol. The van der Waals surface area contributed by atoms with Crippen molar-refractivity contribution in [3.8, 4) is 0 Å². The van der Waals surface area contributed by atoms with Gasteiger partial charge in [-0.05, 0) is 12.8 Å². The van der Waals surface area contributed by atoms with Gasteiger partial charge in [0.1, 0.15) is 0 Å². The third-order valence-electron chi connectivity index (χ3n) is 4.18. The van der Waals surface area contributed by atoms with Gasteiger partial charge < -0.3 is 19.2 Å². The molecule has 0 saturated carbocycles. The van der Waals surface area contributed by atoms with Gasteiger partial charge in [0.15, 0.2) is 0 Å². The fraction of sp³-hybridized carbons (Fsp3) is 1.00. The lowest BCUT2D eigenvalue weighted by molar-refractivity contribution is -0.870. The molecular formula is C19H45NO3P+. The first kappa shape index (κ1) is 26.5. The fourth-order valence-corrected chi connectivity index (χ4v) is 2.78. The Labute approximate surface area is 152 Å². The highest BCUT2D eigenvalue weighted by molar-refractivity contribution is 7.38. The van der Waals surface area contributed by atoms with Crippen molar-refractivity contribution in [2.24, 2.45) is 0 Å². The van der Waals surface area contributed by atoms with E-state index in [1.807, 2.05) is 0 Å². The highest BCUT2D eigenvalue weighted by Gasteiger charge is 2.04. The summed E-state index contributed by atoms with van der Waals surface area (Å²) in [4.78, 5) is 21.7. The maximum atomic E-state index is 7.23. The largest absolute Gasteiger partial charge is 0.331 e. The van der Waals surface area contributed by atoms with E-state index >= 15 is 0 Å². The van der Waals surface area contributed by atoms with Crippen molar-refractivity contribution in [2.75, 3.05) is 27.7 Å². The maximum Gasteiger partial charge on any atom is 0.324 e. The van der Waals surface area contributed by atoms with Crippen LogP contribution in [0.5, 0.6) is 0 Å². The van der Waals surface area contributed by atoms with E-state index in [4.69, 9.17) is 14.7 Å². The zero-order valence-corrected chi connectivity index (χ0v) is 17.7. The van der Waals surface area contributed by atoms with Crippen molar-refractivity contribution in [1.29, 1.82) is 0 Å². The number of hydrogen-bond donors (Lipinski definition) is 3. The zero-order valence-electron chi connectivity index (χ0n) is 16.8. The minimum Gasteiger partial charge on any atom is -0.331 e. The molecule has 0 aromatic carbocycles. The molecule has 4 nitrogen and oxygen atoms in total. The maximum absolute atomic E-state index is 7.23. The summed E-state index contributed by atoms with van der Waals surface area (Å²) in [5, 5.41) is 0. The quantitative estimate of drug-likeness (QED) is 0.208. The van der Waals surface area contributed by atoms with Gasteiger partial charge in [-0.25, -0.2) is 0 Å². The molecule has 148 valence electrons. The van der Waals surface area contributed by atoms with E-state index < -0.39 is 8.60 Å². The second-order valence-electron chi connectivity index (χ2n) is 7.88. The van der Waals surface area contributed by atoms with Crippen molar-refractivity contribution >= 4 is 8.60 Å². The van der Waals surface area contributed by atoms with E-state index in [0.717, 1.165) is 4.48 Å². The summed E-state index contributed by atoms with van der Waals surface area (Å²) in [5.74, 6) is 0. The molecule has 0 aliphatic heterocycles. The average Bonchev–Trinajstić information content (AvgIpc) is 2.46. The molecule has 0 unspecified atom stereocenters. The van der Waals surface area contributed by atoms with E-state index in [9.17, 15) is 0 Å². The van der Waals surface area contributed by atoms with E-state index in [2.05, 4.69) is 28.1 Å². The van der Waals surface area contributed by atoms with Crippen LogP contribution < -0.4 is 0 Å². The minimum absolute atomic E-state index is 1.12.